The third kappa shape index (κ3) is 3.90. The molecule has 7 nitrogen and oxygen atoms in total. The highest BCUT2D eigenvalue weighted by molar-refractivity contribution is 7.14. The van der Waals surface area contributed by atoms with E-state index < -0.39 is 0 Å². The fourth-order valence-corrected chi connectivity index (χ4v) is 2.75. The average Bonchev–Trinajstić information content (AvgIpc) is 3.25. The molecule has 0 aliphatic carbocycles. The first kappa shape index (κ1) is 16.4. The fraction of sp³-hybridized carbons (Fsp3) is 0.312. The number of hydrogen-bond acceptors (Lipinski definition) is 8. The van der Waals surface area contributed by atoms with E-state index in [4.69, 9.17) is 9.26 Å². The Morgan fingerprint density at radius 3 is 2.75 bits per heavy atom. The van der Waals surface area contributed by atoms with E-state index in [9.17, 15) is 0 Å². The Morgan fingerprint density at radius 2 is 2.04 bits per heavy atom. The number of nitrogens with one attached hydrogen (secondary N) is 2. The molecule has 0 aliphatic heterocycles. The smallest absolute Gasteiger partial charge is 0.277 e. The number of benzene rings is 1. The maximum Gasteiger partial charge on any atom is 0.277 e. The van der Waals surface area contributed by atoms with Crippen molar-refractivity contribution >= 4 is 22.2 Å². The van der Waals surface area contributed by atoms with Crippen LogP contribution in [0.3, 0.4) is 0 Å². The van der Waals surface area contributed by atoms with E-state index in [1.165, 1.54) is 11.3 Å². The standard InChI is InChI=1S/C16H19N5O2S/c1-10(17-2)8-14-20-15(23-21-14)13-9-24-16(19-13)18-11-4-6-12(22-3)7-5-11/h4-7,9-10,17H,8H2,1-3H3,(H,18,19). The van der Waals surface area contributed by atoms with Crippen LogP contribution in [0.4, 0.5) is 10.8 Å². The van der Waals surface area contributed by atoms with Crippen molar-refractivity contribution in [2.24, 2.45) is 0 Å². The van der Waals surface area contributed by atoms with Gasteiger partial charge in [0.1, 0.15) is 11.4 Å². The molecular weight excluding hydrogens is 326 g/mol. The summed E-state index contributed by atoms with van der Waals surface area (Å²) in [7, 11) is 3.55. The number of anilines is 2. The molecule has 0 bridgehead atoms. The number of nitrogens with zero attached hydrogens (tertiary/aromatic N) is 3. The van der Waals surface area contributed by atoms with Crippen molar-refractivity contribution in [1.82, 2.24) is 20.4 Å². The summed E-state index contributed by atoms with van der Waals surface area (Å²) < 4.78 is 10.4. The van der Waals surface area contributed by atoms with Crippen LogP contribution in [0.2, 0.25) is 0 Å². The zero-order chi connectivity index (χ0) is 16.9. The Labute approximate surface area is 144 Å². The van der Waals surface area contributed by atoms with Crippen molar-refractivity contribution in [2.45, 2.75) is 19.4 Å². The largest absolute Gasteiger partial charge is 0.497 e. The van der Waals surface area contributed by atoms with Crippen LogP contribution in [0.15, 0.2) is 34.2 Å². The van der Waals surface area contributed by atoms with E-state index >= 15 is 0 Å². The summed E-state index contributed by atoms with van der Waals surface area (Å²) in [5.41, 5.74) is 1.61. The Bertz CT molecular complexity index is 784. The van der Waals surface area contributed by atoms with Crippen molar-refractivity contribution in [3.63, 3.8) is 0 Å². The highest BCUT2D eigenvalue weighted by Gasteiger charge is 2.14. The fourth-order valence-electron chi connectivity index (χ4n) is 2.04. The molecule has 8 heteroatoms. The molecule has 0 saturated heterocycles. The number of aromatic nitrogens is 3. The average molecular weight is 345 g/mol. The van der Waals surface area contributed by atoms with Crippen LogP contribution in [-0.4, -0.2) is 35.3 Å². The molecule has 24 heavy (non-hydrogen) atoms. The molecule has 0 amide bonds. The van der Waals surface area contributed by atoms with E-state index in [1.807, 2.05) is 36.7 Å². The summed E-state index contributed by atoms with van der Waals surface area (Å²) in [5.74, 6) is 1.92. The van der Waals surface area contributed by atoms with Crippen LogP contribution < -0.4 is 15.4 Å². The minimum absolute atomic E-state index is 0.290. The molecule has 2 heterocycles. The highest BCUT2D eigenvalue weighted by Crippen LogP contribution is 2.27. The van der Waals surface area contributed by atoms with Gasteiger partial charge >= 0.3 is 0 Å². The van der Waals surface area contributed by atoms with Gasteiger partial charge in [-0.2, -0.15) is 4.98 Å². The molecule has 0 fully saturated rings. The highest BCUT2D eigenvalue weighted by atomic mass is 32.1. The molecule has 1 unspecified atom stereocenters. The van der Waals surface area contributed by atoms with Gasteiger partial charge in [-0.15, -0.1) is 11.3 Å². The lowest BCUT2D eigenvalue weighted by atomic mass is 10.2. The minimum atomic E-state index is 0.290. The molecule has 0 spiro atoms. The number of thiazole rings is 1. The van der Waals surface area contributed by atoms with Crippen LogP contribution in [0.1, 0.15) is 12.7 Å². The number of likely N-dealkylation sites (N-methyl/N-ethyl adjacent to an activating group) is 1. The molecule has 0 saturated carbocycles. The first-order chi connectivity index (χ1) is 11.7. The molecule has 126 valence electrons. The molecule has 3 rings (SSSR count). The zero-order valence-electron chi connectivity index (χ0n) is 13.7. The topological polar surface area (TPSA) is 85.1 Å². The summed E-state index contributed by atoms with van der Waals surface area (Å²) in [4.78, 5) is 8.89. The predicted molar refractivity (Wildman–Crippen MR) is 93.9 cm³/mol. The second-order valence-electron chi connectivity index (χ2n) is 5.30. The van der Waals surface area contributed by atoms with Gasteiger partial charge in [0.2, 0.25) is 0 Å². The van der Waals surface area contributed by atoms with Gasteiger partial charge in [0, 0.05) is 23.5 Å². The lowest BCUT2D eigenvalue weighted by Crippen LogP contribution is -2.24. The second-order valence-corrected chi connectivity index (χ2v) is 6.16. The first-order valence-corrected chi connectivity index (χ1v) is 8.42. The Hall–Kier alpha value is -2.45. The monoisotopic (exact) mass is 345 g/mol. The maximum atomic E-state index is 5.30. The van der Waals surface area contributed by atoms with Gasteiger partial charge in [0.15, 0.2) is 11.0 Å². The Kier molecular flexibility index (Phi) is 5.07. The van der Waals surface area contributed by atoms with E-state index in [0.29, 0.717) is 23.8 Å². The first-order valence-electron chi connectivity index (χ1n) is 7.54. The van der Waals surface area contributed by atoms with Crippen molar-refractivity contribution in [2.75, 3.05) is 19.5 Å². The molecule has 3 aromatic rings. The Morgan fingerprint density at radius 1 is 1.25 bits per heavy atom. The van der Waals surface area contributed by atoms with Gasteiger partial charge in [-0.05, 0) is 38.2 Å². The molecule has 2 aromatic heterocycles. The van der Waals surface area contributed by atoms with Crippen molar-refractivity contribution in [3.05, 3.63) is 35.5 Å². The zero-order valence-corrected chi connectivity index (χ0v) is 14.6. The normalized spacial score (nSPS) is 12.1. The minimum Gasteiger partial charge on any atom is -0.497 e. The number of hydrogen-bond donors (Lipinski definition) is 2. The van der Waals surface area contributed by atoms with Gasteiger partial charge in [0.25, 0.3) is 5.89 Å². The van der Waals surface area contributed by atoms with Crippen LogP contribution >= 0.6 is 11.3 Å². The SMILES string of the molecule is CNC(C)Cc1noc(-c2csc(Nc3ccc(OC)cc3)n2)n1. The van der Waals surface area contributed by atoms with E-state index in [1.54, 1.807) is 7.11 Å². The second kappa shape index (κ2) is 7.41. The summed E-state index contributed by atoms with van der Waals surface area (Å²) in [6.45, 7) is 2.07. The van der Waals surface area contributed by atoms with E-state index in [2.05, 4.69) is 32.7 Å². The predicted octanol–water partition coefficient (Wildman–Crippen LogP) is 3.10. The molecule has 1 aromatic carbocycles. The van der Waals surface area contributed by atoms with Crippen LogP contribution in [0.25, 0.3) is 11.6 Å². The van der Waals surface area contributed by atoms with E-state index in [0.717, 1.165) is 16.6 Å². The van der Waals surface area contributed by atoms with Crippen LogP contribution in [0, 0.1) is 0 Å². The van der Waals surface area contributed by atoms with Crippen molar-refractivity contribution in [1.29, 1.82) is 0 Å². The van der Waals surface area contributed by atoms with E-state index in [-0.39, 0.29) is 6.04 Å². The number of methoxy groups -OCH3 is 1. The van der Waals surface area contributed by atoms with Crippen LogP contribution in [-0.2, 0) is 6.42 Å². The van der Waals surface area contributed by atoms with Crippen LogP contribution in [0.5, 0.6) is 5.75 Å². The molecule has 1 atom stereocenters. The van der Waals surface area contributed by atoms with Crippen molar-refractivity contribution in [3.8, 4) is 17.3 Å². The van der Waals surface area contributed by atoms with Gasteiger partial charge in [-0.1, -0.05) is 5.16 Å². The van der Waals surface area contributed by atoms with Gasteiger partial charge in [-0.3, -0.25) is 0 Å². The summed E-state index contributed by atoms with van der Waals surface area (Å²) >= 11 is 1.48. The number of ether oxygens (including phenoxy) is 1. The lowest BCUT2D eigenvalue weighted by Gasteiger charge is -2.04. The van der Waals surface area contributed by atoms with Gasteiger partial charge in [-0.25, -0.2) is 4.98 Å². The number of rotatable bonds is 7. The summed E-state index contributed by atoms with van der Waals surface area (Å²) in [6.07, 6.45) is 0.709. The molecule has 2 N–H and O–H groups in total. The molecular formula is C16H19N5O2S. The Balaban J connectivity index is 1.68. The lowest BCUT2D eigenvalue weighted by molar-refractivity contribution is 0.415. The summed E-state index contributed by atoms with van der Waals surface area (Å²) in [6, 6.07) is 7.94. The summed E-state index contributed by atoms with van der Waals surface area (Å²) in [5, 5.41) is 13.0. The van der Waals surface area contributed by atoms with Crippen molar-refractivity contribution < 1.29 is 9.26 Å². The molecule has 0 radical (unpaired) electrons. The quantitative estimate of drug-likeness (QED) is 0.680. The maximum absolute atomic E-state index is 5.30. The third-order valence-corrected chi connectivity index (χ3v) is 4.27. The van der Waals surface area contributed by atoms with Gasteiger partial charge < -0.3 is 19.9 Å². The molecule has 0 aliphatic rings. The third-order valence-electron chi connectivity index (χ3n) is 3.51. The van der Waals surface area contributed by atoms with Gasteiger partial charge in [0.05, 0.1) is 7.11 Å².